The molecule has 0 aromatic heterocycles. The lowest BCUT2D eigenvalue weighted by molar-refractivity contribution is -0.116. The summed E-state index contributed by atoms with van der Waals surface area (Å²) < 4.78 is 5.84. The fourth-order valence-corrected chi connectivity index (χ4v) is 1.92. The van der Waals surface area contributed by atoms with Crippen LogP contribution in [0.1, 0.15) is 31.4 Å². The summed E-state index contributed by atoms with van der Waals surface area (Å²) in [4.78, 5) is 13.0. The number of amides is 1. The second-order valence-corrected chi connectivity index (χ2v) is 5.20. The van der Waals surface area contributed by atoms with Gasteiger partial charge in [-0.3, -0.25) is 4.79 Å². The zero-order valence-corrected chi connectivity index (χ0v) is 13.3. The summed E-state index contributed by atoms with van der Waals surface area (Å²) in [6, 6.07) is 8.37. The smallest absolute Gasteiger partial charge is 0.243 e. The van der Waals surface area contributed by atoms with E-state index >= 15 is 0 Å². The van der Waals surface area contributed by atoms with Crippen molar-refractivity contribution in [1.82, 2.24) is 5.32 Å². The summed E-state index contributed by atoms with van der Waals surface area (Å²) in [7, 11) is 4.06. The second-order valence-electron chi connectivity index (χ2n) is 5.20. The van der Waals surface area contributed by atoms with Crippen LogP contribution in [0.15, 0.2) is 36.9 Å². The molecule has 0 fully saturated rings. The number of benzene rings is 1. The van der Waals surface area contributed by atoms with E-state index in [1.165, 1.54) is 17.3 Å². The van der Waals surface area contributed by atoms with Gasteiger partial charge in [-0.25, -0.2) is 0 Å². The molecule has 1 rings (SSSR count). The van der Waals surface area contributed by atoms with E-state index in [1.807, 2.05) is 14.1 Å². The van der Waals surface area contributed by atoms with Gasteiger partial charge in [0.2, 0.25) is 5.91 Å². The maximum Gasteiger partial charge on any atom is 0.243 e. The van der Waals surface area contributed by atoms with Crippen molar-refractivity contribution in [2.45, 2.75) is 25.9 Å². The van der Waals surface area contributed by atoms with Gasteiger partial charge in [-0.1, -0.05) is 18.7 Å². The van der Waals surface area contributed by atoms with Crippen molar-refractivity contribution < 1.29 is 9.53 Å². The van der Waals surface area contributed by atoms with Gasteiger partial charge in [0.1, 0.15) is 0 Å². The fraction of sp³-hybridized carbons (Fsp3) is 0.471. The molecule has 4 heteroatoms. The van der Waals surface area contributed by atoms with Crippen LogP contribution in [0.4, 0.5) is 5.69 Å². The molecule has 0 bridgehead atoms. The molecular formula is C17H26N2O2. The van der Waals surface area contributed by atoms with E-state index in [4.69, 9.17) is 4.74 Å². The number of hydrogen-bond acceptors (Lipinski definition) is 3. The highest BCUT2D eigenvalue weighted by atomic mass is 16.5. The Labute approximate surface area is 127 Å². The number of hydrogen-bond donors (Lipinski definition) is 1. The van der Waals surface area contributed by atoms with Crippen molar-refractivity contribution in [3.05, 3.63) is 42.5 Å². The summed E-state index contributed by atoms with van der Waals surface area (Å²) in [6.07, 6.45) is 3.20. The third kappa shape index (κ3) is 6.45. The second kappa shape index (κ2) is 9.19. The predicted octanol–water partition coefficient (Wildman–Crippen LogP) is 2.91. The molecular weight excluding hydrogens is 264 g/mol. The van der Waals surface area contributed by atoms with Gasteiger partial charge in [0.15, 0.2) is 0 Å². The van der Waals surface area contributed by atoms with Crippen molar-refractivity contribution in [2.75, 3.05) is 32.1 Å². The molecule has 1 unspecified atom stereocenters. The average Bonchev–Trinajstić information content (AvgIpc) is 2.50. The molecule has 116 valence electrons. The number of nitrogens with one attached hydrogen (secondary N) is 1. The quantitative estimate of drug-likeness (QED) is 0.561. The molecule has 1 aromatic rings. The first-order valence-electron chi connectivity index (χ1n) is 7.33. The maximum atomic E-state index is 11.0. The summed E-state index contributed by atoms with van der Waals surface area (Å²) in [6.45, 7) is 6.83. The number of nitrogens with zero attached hydrogens (tertiary/aromatic N) is 1. The topological polar surface area (TPSA) is 41.6 Å². The van der Waals surface area contributed by atoms with E-state index in [0.29, 0.717) is 13.2 Å². The van der Waals surface area contributed by atoms with Crippen molar-refractivity contribution in [1.29, 1.82) is 0 Å². The van der Waals surface area contributed by atoms with Crippen LogP contribution in [-0.2, 0) is 9.53 Å². The van der Waals surface area contributed by atoms with Crippen molar-refractivity contribution in [3.63, 3.8) is 0 Å². The molecule has 21 heavy (non-hydrogen) atoms. The average molecular weight is 290 g/mol. The van der Waals surface area contributed by atoms with Crippen LogP contribution in [-0.4, -0.2) is 33.2 Å². The molecule has 0 aliphatic carbocycles. The molecule has 0 aliphatic heterocycles. The zero-order valence-electron chi connectivity index (χ0n) is 13.3. The van der Waals surface area contributed by atoms with Crippen LogP contribution in [0, 0.1) is 0 Å². The first kappa shape index (κ1) is 17.2. The molecule has 0 saturated heterocycles. The lowest BCUT2D eigenvalue weighted by Crippen LogP contribution is -2.22. The van der Waals surface area contributed by atoms with Gasteiger partial charge in [0.05, 0.1) is 6.10 Å². The lowest BCUT2D eigenvalue weighted by atomic mass is 10.1. The van der Waals surface area contributed by atoms with Crippen LogP contribution < -0.4 is 10.2 Å². The number of anilines is 1. The van der Waals surface area contributed by atoms with Crippen molar-refractivity contribution in [3.8, 4) is 0 Å². The highest BCUT2D eigenvalue weighted by molar-refractivity contribution is 5.86. The number of carbonyl (C=O) groups excluding carboxylic acids is 1. The van der Waals surface area contributed by atoms with Gasteiger partial charge in [-0.2, -0.15) is 0 Å². The highest BCUT2D eigenvalue weighted by Gasteiger charge is 2.07. The normalized spacial score (nSPS) is 11.8. The summed E-state index contributed by atoms with van der Waals surface area (Å²) in [5, 5.41) is 2.75. The van der Waals surface area contributed by atoms with E-state index < -0.39 is 0 Å². The molecule has 0 spiro atoms. The van der Waals surface area contributed by atoms with Gasteiger partial charge >= 0.3 is 0 Å². The standard InChI is InChI=1S/C17H26N2O2/c1-5-17(20)18-11-6-7-12-21-14(2)15-9-8-10-16(13-15)19(3)4/h5,8-10,13-14H,1,6-7,11-12H2,2-4H3,(H,18,20). The molecule has 0 saturated carbocycles. The Kier molecular flexibility index (Phi) is 7.54. The summed E-state index contributed by atoms with van der Waals surface area (Å²) in [5.74, 6) is -0.121. The van der Waals surface area contributed by atoms with Crippen molar-refractivity contribution in [2.24, 2.45) is 0 Å². The first-order chi connectivity index (χ1) is 10.0. The van der Waals surface area contributed by atoms with Crippen molar-refractivity contribution >= 4 is 11.6 Å². The molecule has 1 atom stereocenters. The summed E-state index contributed by atoms with van der Waals surface area (Å²) >= 11 is 0. The van der Waals surface area contributed by atoms with Crippen LogP contribution >= 0.6 is 0 Å². The molecule has 0 aliphatic rings. The van der Waals surface area contributed by atoms with Gasteiger partial charge < -0.3 is 15.0 Å². The van der Waals surface area contributed by atoms with Gasteiger partial charge in [0, 0.05) is 32.9 Å². The largest absolute Gasteiger partial charge is 0.378 e. The third-order valence-electron chi connectivity index (χ3n) is 3.28. The Morgan fingerprint density at radius 1 is 1.43 bits per heavy atom. The monoisotopic (exact) mass is 290 g/mol. The fourth-order valence-electron chi connectivity index (χ4n) is 1.92. The van der Waals surface area contributed by atoms with E-state index in [9.17, 15) is 4.79 Å². The SMILES string of the molecule is C=CC(=O)NCCCCOC(C)c1cccc(N(C)C)c1. The van der Waals surface area contributed by atoms with Crippen LogP contribution in [0.2, 0.25) is 0 Å². The molecule has 1 amide bonds. The Morgan fingerprint density at radius 2 is 2.19 bits per heavy atom. The third-order valence-corrected chi connectivity index (χ3v) is 3.28. The lowest BCUT2D eigenvalue weighted by Gasteiger charge is -2.17. The number of ether oxygens (including phenoxy) is 1. The number of rotatable bonds is 9. The van der Waals surface area contributed by atoms with E-state index in [-0.39, 0.29) is 12.0 Å². The van der Waals surface area contributed by atoms with Gasteiger partial charge in [-0.15, -0.1) is 0 Å². The minimum absolute atomic E-state index is 0.0765. The molecule has 1 aromatic carbocycles. The molecule has 0 heterocycles. The molecule has 0 radical (unpaired) electrons. The van der Waals surface area contributed by atoms with E-state index in [1.54, 1.807) is 0 Å². The summed E-state index contributed by atoms with van der Waals surface area (Å²) in [5.41, 5.74) is 2.36. The minimum atomic E-state index is -0.121. The Bertz CT molecular complexity index is 458. The highest BCUT2D eigenvalue weighted by Crippen LogP contribution is 2.21. The number of unbranched alkanes of at least 4 members (excludes halogenated alkanes) is 1. The van der Waals surface area contributed by atoms with E-state index in [0.717, 1.165) is 12.8 Å². The Morgan fingerprint density at radius 3 is 2.86 bits per heavy atom. The predicted molar refractivity (Wildman–Crippen MR) is 87.6 cm³/mol. The molecule has 4 nitrogen and oxygen atoms in total. The van der Waals surface area contributed by atoms with Gasteiger partial charge in [-0.05, 0) is 43.5 Å². The van der Waals surface area contributed by atoms with Crippen LogP contribution in [0.3, 0.4) is 0 Å². The Hall–Kier alpha value is -1.81. The zero-order chi connectivity index (χ0) is 15.7. The van der Waals surface area contributed by atoms with E-state index in [2.05, 4.69) is 48.0 Å². The molecule has 1 N–H and O–H groups in total. The van der Waals surface area contributed by atoms with Crippen LogP contribution in [0.5, 0.6) is 0 Å². The van der Waals surface area contributed by atoms with Crippen LogP contribution in [0.25, 0.3) is 0 Å². The first-order valence-corrected chi connectivity index (χ1v) is 7.33. The Balaban J connectivity index is 2.27. The van der Waals surface area contributed by atoms with Gasteiger partial charge in [0.25, 0.3) is 0 Å². The number of carbonyl (C=O) groups is 1. The maximum absolute atomic E-state index is 11.0. The minimum Gasteiger partial charge on any atom is -0.378 e.